The normalized spacial score (nSPS) is 13.2. The molecule has 0 aliphatic rings. The molecule has 0 saturated carbocycles. The lowest BCUT2D eigenvalue weighted by Crippen LogP contribution is -2.49. The number of carbonyl (C=O) groups excluding carboxylic acids is 1. The van der Waals surface area contributed by atoms with Gasteiger partial charge in [-0.15, -0.1) is 0 Å². The zero-order chi connectivity index (χ0) is 14.4. The van der Waals surface area contributed by atoms with Crippen LogP contribution in [0.5, 0.6) is 0 Å². The summed E-state index contributed by atoms with van der Waals surface area (Å²) in [4.78, 5) is 11.7. The van der Waals surface area contributed by atoms with Gasteiger partial charge in [-0.2, -0.15) is 0 Å². The number of amides is 2. The van der Waals surface area contributed by atoms with E-state index in [0.717, 1.165) is 0 Å². The third-order valence-electron chi connectivity index (χ3n) is 2.47. The summed E-state index contributed by atoms with van der Waals surface area (Å²) in [5.41, 5.74) is 5.80. The topological polar surface area (TPSA) is 99.7 Å². The number of hydrogen-bond acceptors (Lipinski definition) is 3. The molecule has 1 atom stereocenters. The van der Waals surface area contributed by atoms with Gasteiger partial charge in [0.1, 0.15) is 5.82 Å². The van der Waals surface area contributed by atoms with Crippen LogP contribution in [-0.4, -0.2) is 23.1 Å². The van der Waals surface area contributed by atoms with E-state index in [9.17, 15) is 9.18 Å². The van der Waals surface area contributed by atoms with Crippen LogP contribution < -0.4 is 16.4 Å². The number of rotatable bonds is 4. The fourth-order valence-electron chi connectivity index (χ4n) is 1.52. The fraction of sp³-hybridized carbons (Fsp3) is 0.333. The van der Waals surface area contributed by atoms with E-state index in [1.54, 1.807) is 6.07 Å². The zero-order valence-corrected chi connectivity index (χ0v) is 10.7. The van der Waals surface area contributed by atoms with Crippen LogP contribution in [0, 0.1) is 11.7 Å². The minimum Gasteiger partial charge on any atom is -0.409 e. The molecule has 1 aromatic rings. The highest BCUT2D eigenvalue weighted by molar-refractivity contribution is 5.94. The van der Waals surface area contributed by atoms with Crippen molar-refractivity contribution in [1.29, 1.82) is 0 Å². The average Bonchev–Trinajstić information content (AvgIpc) is 2.34. The van der Waals surface area contributed by atoms with E-state index in [2.05, 4.69) is 15.8 Å². The molecular weight excluding hydrogens is 251 g/mol. The summed E-state index contributed by atoms with van der Waals surface area (Å²) in [5.74, 6) is -0.604. The first-order valence-electron chi connectivity index (χ1n) is 5.74. The van der Waals surface area contributed by atoms with Gasteiger partial charge in [0.2, 0.25) is 0 Å². The van der Waals surface area contributed by atoms with Gasteiger partial charge in [-0.05, 0) is 24.1 Å². The first kappa shape index (κ1) is 14.7. The summed E-state index contributed by atoms with van der Waals surface area (Å²) < 4.78 is 12.9. The van der Waals surface area contributed by atoms with Crippen LogP contribution in [0.1, 0.15) is 13.8 Å². The van der Waals surface area contributed by atoms with Gasteiger partial charge in [0.05, 0.1) is 6.04 Å². The van der Waals surface area contributed by atoms with E-state index in [4.69, 9.17) is 10.9 Å². The smallest absolute Gasteiger partial charge is 0.319 e. The molecule has 7 heteroatoms. The molecule has 6 nitrogen and oxygen atoms in total. The lowest BCUT2D eigenvalue weighted by molar-refractivity contribution is 0.248. The molecule has 2 amide bonds. The van der Waals surface area contributed by atoms with E-state index >= 15 is 0 Å². The Balaban J connectivity index is 2.68. The molecular formula is C12H17FN4O2. The van der Waals surface area contributed by atoms with Crippen molar-refractivity contribution in [1.82, 2.24) is 5.32 Å². The van der Waals surface area contributed by atoms with Gasteiger partial charge in [-0.3, -0.25) is 0 Å². The Hall–Kier alpha value is -2.31. The lowest BCUT2D eigenvalue weighted by atomic mass is 10.0. The monoisotopic (exact) mass is 268 g/mol. The minimum atomic E-state index is -0.612. The van der Waals surface area contributed by atoms with E-state index in [1.807, 2.05) is 13.8 Å². The highest BCUT2D eigenvalue weighted by atomic mass is 19.1. The number of halogens is 1. The molecule has 5 N–H and O–H groups in total. The summed E-state index contributed by atoms with van der Waals surface area (Å²) in [6.45, 7) is 3.62. The first-order valence-corrected chi connectivity index (χ1v) is 5.74. The van der Waals surface area contributed by atoms with Crippen molar-refractivity contribution >= 4 is 17.6 Å². The Morgan fingerprint density at radius 1 is 1.47 bits per heavy atom. The third kappa shape index (κ3) is 4.46. The van der Waals surface area contributed by atoms with Crippen LogP contribution >= 0.6 is 0 Å². The maximum Gasteiger partial charge on any atom is 0.319 e. The van der Waals surface area contributed by atoms with Crippen molar-refractivity contribution in [2.75, 3.05) is 5.32 Å². The van der Waals surface area contributed by atoms with Gasteiger partial charge in [0.15, 0.2) is 5.84 Å². The number of anilines is 1. The van der Waals surface area contributed by atoms with E-state index in [-0.39, 0.29) is 11.8 Å². The average molecular weight is 268 g/mol. The van der Waals surface area contributed by atoms with Crippen LogP contribution in [0.4, 0.5) is 14.9 Å². The number of benzene rings is 1. The van der Waals surface area contributed by atoms with Crippen molar-refractivity contribution in [3.63, 3.8) is 0 Å². The van der Waals surface area contributed by atoms with E-state index in [1.165, 1.54) is 18.2 Å². The second kappa shape index (κ2) is 6.58. The molecule has 0 aliphatic heterocycles. The maximum atomic E-state index is 12.9. The van der Waals surface area contributed by atoms with E-state index < -0.39 is 17.9 Å². The Bertz CT molecular complexity index is 477. The molecule has 0 aliphatic carbocycles. The first-order chi connectivity index (χ1) is 8.93. The van der Waals surface area contributed by atoms with Crippen LogP contribution in [0.2, 0.25) is 0 Å². The number of hydrogen-bond donors (Lipinski definition) is 4. The van der Waals surface area contributed by atoms with Gasteiger partial charge in [0.25, 0.3) is 0 Å². The summed E-state index contributed by atoms with van der Waals surface area (Å²) in [7, 11) is 0. The molecule has 0 radical (unpaired) electrons. The predicted octanol–water partition coefficient (Wildman–Crippen LogP) is 1.72. The molecule has 104 valence electrons. The number of nitrogens with zero attached hydrogens (tertiary/aromatic N) is 1. The molecule has 0 aromatic heterocycles. The van der Waals surface area contributed by atoms with Crippen molar-refractivity contribution in [2.24, 2.45) is 16.8 Å². The minimum absolute atomic E-state index is 0.0610. The quantitative estimate of drug-likeness (QED) is 0.289. The van der Waals surface area contributed by atoms with Crippen molar-refractivity contribution in [3.8, 4) is 0 Å². The molecule has 19 heavy (non-hydrogen) atoms. The van der Waals surface area contributed by atoms with Crippen LogP contribution in [-0.2, 0) is 0 Å². The Kier molecular flexibility index (Phi) is 5.11. The number of nitrogens with two attached hydrogens (primary N) is 1. The van der Waals surface area contributed by atoms with Gasteiger partial charge in [0, 0.05) is 5.69 Å². The Morgan fingerprint density at radius 2 is 2.16 bits per heavy atom. The van der Waals surface area contributed by atoms with Gasteiger partial charge in [-0.25, -0.2) is 9.18 Å². The van der Waals surface area contributed by atoms with Gasteiger partial charge >= 0.3 is 6.03 Å². The molecule has 0 heterocycles. The largest absolute Gasteiger partial charge is 0.409 e. The fourth-order valence-corrected chi connectivity index (χ4v) is 1.52. The summed E-state index contributed by atoms with van der Waals surface area (Å²) in [5, 5.41) is 16.5. The summed E-state index contributed by atoms with van der Waals surface area (Å²) in [6, 6.07) is 4.32. The number of amidine groups is 1. The second-order valence-corrected chi connectivity index (χ2v) is 4.36. The van der Waals surface area contributed by atoms with Gasteiger partial charge < -0.3 is 21.6 Å². The number of urea groups is 1. The SMILES string of the molecule is CC(C)C(NC(=O)Nc1cccc(F)c1)C(N)=NO. The second-order valence-electron chi connectivity index (χ2n) is 4.36. The molecule has 0 spiro atoms. The van der Waals surface area contributed by atoms with Crippen LogP contribution in [0.25, 0.3) is 0 Å². The summed E-state index contributed by atoms with van der Waals surface area (Å²) >= 11 is 0. The molecule has 1 aromatic carbocycles. The van der Waals surface area contributed by atoms with Crippen molar-refractivity contribution < 1.29 is 14.4 Å². The van der Waals surface area contributed by atoms with Crippen molar-refractivity contribution in [2.45, 2.75) is 19.9 Å². The molecule has 0 saturated heterocycles. The van der Waals surface area contributed by atoms with Crippen LogP contribution in [0.3, 0.4) is 0 Å². The number of carbonyl (C=O) groups is 1. The standard InChI is InChI=1S/C12H17FN4O2/c1-7(2)10(11(14)17-19)16-12(18)15-9-5-3-4-8(13)6-9/h3-7,10,19H,1-2H3,(H2,14,17)(H2,15,16,18). The third-order valence-corrected chi connectivity index (χ3v) is 2.47. The summed E-state index contributed by atoms with van der Waals surface area (Å²) in [6.07, 6.45) is 0. The number of nitrogens with one attached hydrogen (secondary N) is 2. The van der Waals surface area contributed by atoms with Crippen molar-refractivity contribution in [3.05, 3.63) is 30.1 Å². The van der Waals surface area contributed by atoms with Gasteiger partial charge in [-0.1, -0.05) is 25.1 Å². The van der Waals surface area contributed by atoms with E-state index in [0.29, 0.717) is 5.69 Å². The predicted molar refractivity (Wildman–Crippen MR) is 70.6 cm³/mol. The zero-order valence-electron chi connectivity index (χ0n) is 10.7. The maximum absolute atomic E-state index is 12.9. The van der Waals surface area contributed by atoms with Crippen LogP contribution in [0.15, 0.2) is 29.4 Å². The molecule has 0 fully saturated rings. The molecule has 0 bridgehead atoms. The lowest BCUT2D eigenvalue weighted by Gasteiger charge is -2.21. The highest BCUT2D eigenvalue weighted by Crippen LogP contribution is 2.09. The molecule has 1 unspecified atom stereocenters. The Morgan fingerprint density at radius 3 is 2.68 bits per heavy atom. The highest BCUT2D eigenvalue weighted by Gasteiger charge is 2.20. The Labute approximate surface area is 110 Å². The number of oxime groups is 1. The molecule has 1 rings (SSSR count).